The lowest BCUT2D eigenvalue weighted by molar-refractivity contribution is 0.521. The van der Waals surface area contributed by atoms with Crippen LogP contribution in [-0.2, 0) is 13.0 Å². The number of aryl methyl sites for hydroxylation is 1. The van der Waals surface area contributed by atoms with Crippen LogP contribution in [0.2, 0.25) is 0 Å². The van der Waals surface area contributed by atoms with Crippen molar-refractivity contribution in [1.82, 2.24) is 9.55 Å². The number of aromatic nitrogens is 2. The van der Waals surface area contributed by atoms with E-state index in [4.69, 9.17) is 5.73 Å². The quantitative estimate of drug-likeness (QED) is 0.671. The summed E-state index contributed by atoms with van der Waals surface area (Å²) in [6.07, 6.45) is 12.3. The van der Waals surface area contributed by atoms with Gasteiger partial charge in [0.1, 0.15) is 5.82 Å². The minimum absolute atomic E-state index is 0.268. The second kappa shape index (κ2) is 8.29. The Morgan fingerprint density at radius 2 is 2.06 bits per heavy atom. The highest BCUT2D eigenvalue weighted by Crippen LogP contribution is 2.09. The summed E-state index contributed by atoms with van der Waals surface area (Å²) in [6, 6.07) is 0.268. The lowest BCUT2D eigenvalue weighted by Gasteiger charge is -2.12. The molecule has 0 saturated heterocycles. The molecule has 3 heteroatoms. The van der Waals surface area contributed by atoms with Crippen LogP contribution in [-0.4, -0.2) is 15.6 Å². The van der Waals surface area contributed by atoms with Crippen molar-refractivity contribution in [3.05, 3.63) is 18.2 Å². The Bertz CT molecular complexity index is 293. The molecule has 17 heavy (non-hydrogen) atoms. The highest BCUT2D eigenvalue weighted by Gasteiger charge is 2.08. The number of rotatable bonds is 9. The maximum atomic E-state index is 6.16. The molecule has 0 spiro atoms. The number of nitrogens with two attached hydrogens (primary N) is 1. The summed E-state index contributed by atoms with van der Waals surface area (Å²) in [5, 5.41) is 0. The Kier molecular flexibility index (Phi) is 6.94. The molecule has 0 aliphatic heterocycles. The van der Waals surface area contributed by atoms with E-state index in [0.717, 1.165) is 31.6 Å². The fourth-order valence-electron chi connectivity index (χ4n) is 2.14. The summed E-state index contributed by atoms with van der Waals surface area (Å²) in [5.74, 6) is 1.15. The molecule has 2 N–H and O–H groups in total. The molecule has 0 aromatic carbocycles. The van der Waals surface area contributed by atoms with Crippen LogP contribution in [0.1, 0.15) is 58.2 Å². The SMILES string of the molecule is CCCCCCC(N)Cc1nccn1CCC. The van der Waals surface area contributed by atoms with Gasteiger partial charge in [-0.1, -0.05) is 39.5 Å². The molecule has 0 aliphatic rings. The van der Waals surface area contributed by atoms with Gasteiger partial charge in [-0.2, -0.15) is 0 Å². The van der Waals surface area contributed by atoms with Gasteiger partial charge in [0, 0.05) is 31.4 Å². The first-order valence-electron chi connectivity index (χ1n) is 7.03. The predicted octanol–water partition coefficient (Wildman–Crippen LogP) is 3.13. The fraction of sp³-hybridized carbons (Fsp3) is 0.786. The Labute approximate surface area is 105 Å². The summed E-state index contributed by atoms with van der Waals surface area (Å²) in [5.41, 5.74) is 6.16. The number of hydrogen-bond acceptors (Lipinski definition) is 2. The van der Waals surface area contributed by atoms with Gasteiger partial charge >= 0.3 is 0 Å². The van der Waals surface area contributed by atoms with Gasteiger partial charge in [0.25, 0.3) is 0 Å². The van der Waals surface area contributed by atoms with E-state index in [2.05, 4.69) is 29.6 Å². The largest absolute Gasteiger partial charge is 0.335 e. The predicted molar refractivity (Wildman–Crippen MR) is 73.0 cm³/mol. The van der Waals surface area contributed by atoms with Crippen molar-refractivity contribution in [3.8, 4) is 0 Å². The van der Waals surface area contributed by atoms with Crippen LogP contribution in [0.15, 0.2) is 12.4 Å². The summed E-state index contributed by atoms with van der Waals surface area (Å²) in [7, 11) is 0. The lowest BCUT2D eigenvalue weighted by Crippen LogP contribution is -2.24. The molecule has 1 atom stereocenters. The van der Waals surface area contributed by atoms with Gasteiger partial charge in [-0.3, -0.25) is 0 Å². The zero-order chi connectivity index (χ0) is 12.5. The molecule has 1 unspecified atom stereocenters. The van der Waals surface area contributed by atoms with Crippen LogP contribution in [0.3, 0.4) is 0 Å². The van der Waals surface area contributed by atoms with Crippen molar-refractivity contribution in [2.24, 2.45) is 5.73 Å². The van der Waals surface area contributed by atoms with Gasteiger partial charge in [-0.15, -0.1) is 0 Å². The van der Waals surface area contributed by atoms with Crippen LogP contribution < -0.4 is 5.73 Å². The van der Waals surface area contributed by atoms with Crippen LogP contribution in [0.5, 0.6) is 0 Å². The molecule has 0 aliphatic carbocycles. The minimum atomic E-state index is 0.268. The molecule has 3 nitrogen and oxygen atoms in total. The molecule has 1 aromatic rings. The zero-order valence-electron chi connectivity index (χ0n) is 11.4. The normalized spacial score (nSPS) is 12.9. The van der Waals surface area contributed by atoms with Gasteiger partial charge in [-0.25, -0.2) is 4.98 Å². The van der Waals surface area contributed by atoms with Gasteiger partial charge in [0.2, 0.25) is 0 Å². The number of unbranched alkanes of at least 4 members (excludes halogenated alkanes) is 3. The Hall–Kier alpha value is -0.830. The zero-order valence-corrected chi connectivity index (χ0v) is 11.4. The molecule has 1 rings (SSSR count). The molecule has 1 heterocycles. The first kappa shape index (κ1) is 14.2. The van der Waals surface area contributed by atoms with Crippen molar-refractivity contribution in [2.75, 3.05) is 0 Å². The summed E-state index contributed by atoms with van der Waals surface area (Å²) in [6.45, 7) is 5.48. The molecular weight excluding hydrogens is 210 g/mol. The maximum absolute atomic E-state index is 6.16. The van der Waals surface area contributed by atoms with E-state index >= 15 is 0 Å². The average Bonchev–Trinajstić information content (AvgIpc) is 2.73. The van der Waals surface area contributed by atoms with Crippen LogP contribution in [0.4, 0.5) is 0 Å². The summed E-state index contributed by atoms with van der Waals surface area (Å²) < 4.78 is 2.23. The van der Waals surface area contributed by atoms with E-state index in [0.29, 0.717) is 0 Å². The summed E-state index contributed by atoms with van der Waals surface area (Å²) >= 11 is 0. The highest BCUT2D eigenvalue weighted by molar-refractivity contribution is 4.95. The molecule has 0 amide bonds. The lowest BCUT2D eigenvalue weighted by atomic mass is 10.1. The van der Waals surface area contributed by atoms with Crippen molar-refractivity contribution in [3.63, 3.8) is 0 Å². The van der Waals surface area contributed by atoms with Crippen molar-refractivity contribution in [2.45, 2.75) is 71.4 Å². The Morgan fingerprint density at radius 3 is 2.76 bits per heavy atom. The number of imidazole rings is 1. The molecule has 0 saturated carbocycles. The van der Waals surface area contributed by atoms with Gasteiger partial charge in [0.05, 0.1) is 0 Å². The van der Waals surface area contributed by atoms with Crippen LogP contribution in [0.25, 0.3) is 0 Å². The molecule has 0 fully saturated rings. The second-order valence-corrected chi connectivity index (χ2v) is 4.85. The number of hydrogen-bond donors (Lipinski definition) is 1. The van der Waals surface area contributed by atoms with Crippen molar-refractivity contribution >= 4 is 0 Å². The van der Waals surface area contributed by atoms with Crippen LogP contribution >= 0.6 is 0 Å². The molecular formula is C14H27N3. The smallest absolute Gasteiger partial charge is 0.110 e. The molecule has 0 radical (unpaired) electrons. The average molecular weight is 237 g/mol. The van der Waals surface area contributed by atoms with E-state index < -0.39 is 0 Å². The van der Waals surface area contributed by atoms with E-state index in [1.807, 2.05) is 6.20 Å². The highest BCUT2D eigenvalue weighted by atomic mass is 15.1. The van der Waals surface area contributed by atoms with E-state index in [9.17, 15) is 0 Å². The third-order valence-electron chi connectivity index (χ3n) is 3.14. The Morgan fingerprint density at radius 1 is 1.24 bits per heavy atom. The van der Waals surface area contributed by atoms with E-state index in [1.54, 1.807) is 0 Å². The molecule has 98 valence electrons. The van der Waals surface area contributed by atoms with Crippen molar-refractivity contribution in [1.29, 1.82) is 0 Å². The third-order valence-corrected chi connectivity index (χ3v) is 3.14. The number of nitrogens with zero attached hydrogens (tertiary/aromatic N) is 2. The minimum Gasteiger partial charge on any atom is -0.335 e. The topological polar surface area (TPSA) is 43.8 Å². The Balaban J connectivity index is 2.29. The van der Waals surface area contributed by atoms with Crippen LogP contribution in [0, 0.1) is 0 Å². The first-order valence-corrected chi connectivity index (χ1v) is 7.03. The standard InChI is InChI=1S/C14H27N3/c1-3-5-6-7-8-13(15)12-14-16-9-11-17(14)10-4-2/h9,11,13H,3-8,10,12,15H2,1-2H3. The molecule has 1 aromatic heterocycles. The monoisotopic (exact) mass is 237 g/mol. The third kappa shape index (κ3) is 5.35. The first-order chi connectivity index (χ1) is 8.27. The van der Waals surface area contributed by atoms with E-state index in [1.165, 1.54) is 25.7 Å². The molecule has 0 bridgehead atoms. The summed E-state index contributed by atoms with van der Waals surface area (Å²) in [4.78, 5) is 4.40. The second-order valence-electron chi connectivity index (χ2n) is 4.85. The van der Waals surface area contributed by atoms with Crippen molar-refractivity contribution < 1.29 is 0 Å². The fourth-order valence-corrected chi connectivity index (χ4v) is 2.14. The maximum Gasteiger partial charge on any atom is 0.110 e. The van der Waals surface area contributed by atoms with E-state index in [-0.39, 0.29) is 6.04 Å². The van der Waals surface area contributed by atoms with Gasteiger partial charge < -0.3 is 10.3 Å². The van der Waals surface area contributed by atoms with Gasteiger partial charge in [-0.05, 0) is 12.8 Å². The van der Waals surface area contributed by atoms with Gasteiger partial charge in [0.15, 0.2) is 0 Å².